The molecule has 0 aliphatic heterocycles. The molecule has 0 nitrogen and oxygen atoms in total. The van der Waals surface area contributed by atoms with Gasteiger partial charge in [-0.15, -0.1) is 12.2 Å². The second-order valence-corrected chi connectivity index (χ2v) is 7.43. The first-order valence-electron chi connectivity index (χ1n) is 2.65. The highest BCUT2D eigenvalue weighted by atomic mass is 32.7. The van der Waals surface area contributed by atoms with Gasteiger partial charge in [-0.25, -0.2) is 0 Å². The fourth-order valence-electron chi connectivity index (χ4n) is 0.388. The Morgan fingerprint density at radius 3 is 2.00 bits per heavy atom. The summed E-state index contributed by atoms with van der Waals surface area (Å²) >= 11 is 4.44. The van der Waals surface area contributed by atoms with Gasteiger partial charge in [0.2, 0.25) is 0 Å². The highest BCUT2D eigenvalue weighted by molar-refractivity contribution is 8.52. The molecule has 0 aromatic carbocycles. The lowest BCUT2D eigenvalue weighted by Gasteiger charge is -2.03. The lowest BCUT2D eigenvalue weighted by Crippen LogP contribution is -1.63. The largest absolute Gasteiger partial charge is 0.149 e. The number of hydrogen-bond acceptors (Lipinski definition) is 1. The average Bonchev–Trinajstić information content (AvgIpc) is 1.67. The molecule has 0 spiro atoms. The molecular weight excluding hydrogens is 135 g/mol. The van der Waals surface area contributed by atoms with E-state index in [-0.39, 0.29) is 0 Å². The highest BCUT2D eigenvalue weighted by Gasteiger charge is 1.91. The summed E-state index contributed by atoms with van der Waals surface area (Å²) in [6, 6.07) is 0. The molecular formula is C6H13PS. The van der Waals surface area contributed by atoms with Gasteiger partial charge in [-0.1, -0.05) is 17.7 Å². The van der Waals surface area contributed by atoms with Crippen molar-refractivity contribution in [2.45, 2.75) is 13.8 Å². The van der Waals surface area contributed by atoms with Gasteiger partial charge in [-0.05, 0) is 26.6 Å². The first-order chi connectivity index (χ1) is 3.62. The second-order valence-electron chi connectivity index (χ2n) is 1.84. The molecule has 0 aliphatic carbocycles. The van der Waals surface area contributed by atoms with Crippen molar-refractivity contribution in [2.75, 3.05) is 6.66 Å². The normalized spacial score (nSPS) is 18.5. The molecule has 0 amide bonds. The minimum Gasteiger partial charge on any atom is -0.149 e. The van der Waals surface area contributed by atoms with Crippen molar-refractivity contribution in [1.82, 2.24) is 0 Å². The molecule has 0 fully saturated rings. The Morgan fingerprint density at radius 2 is 1.88 bits per heavy atom. The van der Waals surface area contributed by atoms with Crippen molar-refractivity contribution >= 4 is 24.1 Å². The third-order valence-electron chi connectivity index (χ3n) is 0.974. The molecule has 0 heterocycles. The summed E-state index contributed by atoms with van der Waals surface area (Å²) in [6.07, 6.45) is 1.02. The number of hydrogen-bond donors (Lipinski definition) is 1. The van der Waals surface area contributed by atoms with Crippen LogP contribution in [0.2, 0.25) is 0 Å². The number of allylic oxidation sites excluding steroid dienone is 1. The molecule has 0 aliphatic rings. The summed E-state index contributed by atoms with van der Waals surface area (Å²) in [4.78, 5) is 0. The molecule has 8 heavy (non-hydrogen) atoms. The monoisotopic (exact) mass is 148 g/mol. The minimum atomic E-state index is -1.03. The predicted octanol–water partition coefficient (Wildman–Crippen LogP) is 2.83. The molecule has 0 aromatic heterocycles. The first-order valence-corrected chi connectivity index (χ1v) is 6.18. The third-order valence-corrected chi connectivity index (χ3v) is 4.01. The fourth-order valence-corrected chi connectivity index (χ4v) is 1.56. The Labute approximate surface area is 57.1 Å². The summed E-state index contributed by atoms with van der Waals surface area (Å²) in [5.74, 6) is 4.33. The molecule has 0 N–H and O–H groups in total. The van der Waals surface area contributed by atoms with Crippen LogP contribution in [0.1, 0.15) is 13.8 Å². The fraction of sp³-hybridized carbons (Fsp3) is 0.500. The summed E-state index contributed by atoms with van der Waals surface area (Å²) in [5.41, 5.74) is 0. The SMILES string of the molecule is CC=P(C)(S)/C=C\C. The molecule has 0 aromatic rings. The van der Waals surface area contributed by atoms with E-state index in [0.717, 1.165) is 0 Å². The van der Waals surface area contributed by atoms with Crippen LogP contribution in [0.4, 0.5) is 0 Å². The number of thiol groups is 1. The van der Waals surface area contributed by atoms with Crippen LogP contribution in [0.15, 0.2) is 11.9 Å². The van der Waals surface area contributed by atoms with E-state index in [9.17, 15) is 0 Å². The molecule has 0 saturated carbocycles. The maximum Gasteiger partial charge on any atom is -0.0331 e. The van der Waals surface area contributed by atoms with Gasteiger partial charge in [0.15, 0.2) is 0 Å². The van der Waals surface area contributed by atoms with Gasteiger partial charge in [-0.3, -0.25) is 0 Å². The van der Waals surface area contributed by atoms with Crippen molar-refractivity contribution in [2.24, 2.45) is 0 Å². The molecule has 0 radical (unpaired) electrons. The van der Waals surface area contributed by atoms with E-state index in [4.69, 9.17) is 0 Å². The van der Waals surface area contributed by atoms with Gasteiger partial charge in [-0.2, -0.15) is 0 Å². The van der Waals surface area contributed by atoms with Crippen molar-refractivity contribution in [1.29, 1.82) is 0 Å². The van der Waals surface area contributed by atoms with Gasteiger partial charge in [0.05, 0.1) is 0 Å². The zero-order valence-electron chi connectivity index (χ0n) is 5.63. The van der Waals surface area contributed by atoms with Crippen LogP contribution in [0, 0.1) is 0 Å². The van der Waals surface area contributed by atoms with Gasteiger partial charge >= 0.3 is 0 Å². The molecule has 2 heteroatoms. The Hall–Kier alpha value is 0.390. The Balaban J connectivity index is 4.15. The molecule has 0 bridgehead atoms. The van der Waals surface area contributed by atoms with Crippen LogP contribution in [-0.4, -0.2) is 12.5 Å². The zero-order valence-corrected chi connectivity index (χ0v) is 7.42. The van der Waals surface area contributed by atoms with Crippen LogP contribution in [0.5, 0.6) is 0 Å². The third kappa shape index (κ3) is 3.40. The minimum absolute atomic E-state index is 1.03. The van der Waals surface area contributed by atoms with E-state index in [0.29, 0.717) is 0 Å². The van der Waals surface area contributed by atoms with Crippen molar-refractivity contribution in [3.8, 4) is 0 Å². The quantitative estimate of drug-likeness (QED) is 0.429. The van der Waals surface area contributed by atoms with Crippen LogP contribution >= 0.6 is 18.3 Å². The Kier molecular flexibility index (Phi) is 3.59. The van der Waals surface area contributed by atoms with Crippen LogP contribution in [0.25, 0.3) is 0 Å². The van der Waals surface area contributed by atoms with E-state index in [1.54, 1.807) is 0 Å². The topological polar surface area (TPSA) is 0 Å². The van der Waals surface area contributed by atoms with E-state index in [1.165, 1.54) is 0 Å². The van der Waals surface area contributed by atoms with Gasteiger partial charge in [0.1, 0.15) is 0 Å². The molecule has 48 valence electrons. The predicted molar refractivity (Wildman–Crippen MR) is 48.4 cm³/mol. The maximum atomic E-state index is 4.44. The molecule has 1 unspecified atom stereocenters. The summed E-state index contributed by atoms with van der Waals surface area (Å²) < 4.78 is 0. The maximum absolute atomic E-state index is 4.44. The molecule has 0 saturated heterocycles. The standard InChI is InChI=1S/C6H13PS/c1-4-6-7(3,8)5-2/h4-6,8H,1-3H3/b6-4-. The van der Waals surface area contributed by atoms with E-state index >= 15 is 0 Å². The van der Waals surface area contributed by atoms with Gasteiger partial charge < -0.3 is 0 Å². The van der Waals surface area contributed by atoms with E-state index in [1.807, 2.05) is 6.92 Å². The molecule has 0 rings (SSSR count). The number of rotatable bonds is 1. The van der Waals surface area contributed by atoms with Crippen LogP contribution < -0.4 is 0 Å². The summed E-state index contributed by atoms with van der Waals surface area (Å²) in [7, 11) is 0. The van der Waals surface area contributed by atoms with Crippen LogP contribution in [0.3, 0.4) is 0 Å². The second kappa shape index (κ2) is 3.42. The van der Waals surface area contributed by atoms with Crippen molar-refractivity contribution in [3.63, 3.8) is 0 Å². The summed E-state index contributed by atoms with van der Waals surface area (Å²) in [6.45, 7) is 6.24. The van der Waals surface area contributed by atoms with Gasteiger partial charge in [0, 0.05) is 0 Å². The van der Waals surface area contributed by atoms with Crippen molar-refractivity contribution in [3.05, 3.63) is 11.9 Å². The van der Waals surface area contributed by atoms with Crippen LogP contribution in [-0.2, 0) is 0 Å². The average molecular weight is 148 g/mol. The zero-order chi connectivity index (χ0) is 6.62. The highest BCUT2D eigenvalue weighted by Crippen LogP contribution is 2.48. The Bertz CT molecular complexity index is 129. The first kappa shape index (κ1) is 8.39. The lowest BCUT2D eigenvalue weighted by atomic mass is 10.8. The van der Waals surface area contributed by atoms with Crippen molar-refractivity contribution < 1.29 is 0 Å². The van der Waals surface area contributed by atoms with E-state index < -0.39 is 6.09 Å². The summed E-state index contributed by atoms with van der Waals surface area (Å²) in [5, 5.41) is 0. The molecule has 1 atom stereocenters. The van der Waals surface area contributed by atoms with E-state index in [2.05, 4.69) is 43.5 Å². The Morgan fingerprint density at radius 1 is 1.38 bits per heavy atom. The van der Waals surface area contributed by atoms with Gasteiger partial charge in [0.25, 0.3) is 0 Å². The smallest absolute Gasteiger partial charge is 0.0331 e. The lowest BCUT2D eigenvalue weighted by molar-refractivity contribution is 1.78.